The van der Waals surface area contributed by atoms with Gasteiger partial charge in [0.05, 0.1) is 4.90 Å². The number of H-pyrrole nitrogens is 1. The monoisotopic (exact) mass is 557 g/mol. The summed E-state index contributed by atoms with van der Waals surface area (Å²) < 4.78 is 28.7. The van der Waals surface area contributed by atoms with Crippen LogP contribution in [0.15, 0.2) is 59.6 Å². The fraction of sp³-hybridized carbons (Fsp3) is 0.407. The second-order valence-electron chi connectivity index (χ2n) is 10.0. The molecule has 0 spiro atoms. The molecule has 3 N–H and O–H groups in total. The number of nitrogens with one attached hydrogen (secondary N) is 3. The number of benzene rings is 2. The third kappa shape index (κ3) is 5.73. The van der Waals surface area contributed by atoms with Crippen molar-refractivity contribution in [2.45, 2.75) is 55.8 Å². The summed E-state index contributed by atoms with van der Waals surface area (Å²) in [4.78, 5) is 33.1. The number of hydrogen-bond donors (Lipinski definition) is 3. The number of halogens is 1. The zero-order valence-electron chi connectivity index (χ0n) is 21.2. The Hall–Kier alpha value is -2.92. The molecule has 2 aliphatic heterocycles. The lowest BCUT2D eigenvalue weighted by Gasteiger charge is -2.36. The van der Waals surface area contributed by atoms with Crippen LogP contribution in [0.5, 0.6) is 0 Å². The molecule has 9 nitrogen and oxygen atoms in total. The maximum absolute atomic E-state index is 13.3. The lowest BCUT2D eigenvalue weighted by Crippen LogP contribution is -2.54. The summed E-state index contributed by atoms with van der Waals surface area (Å²) in [5.74, 6) is -0.484. The fourth-order valence-corrected chi connectivity index (χ4v) is 6.73. The van der Waals surface area contributed by atoms with Crippen LogP contribution in [0.25, 0.3) is 10.8 Å². The Bertz CT molecular complexity index is 1430. The molecule has 0 radical (unpaired) electrons. The molecule has 3 aromatic rings. The molecule has 2 aromatic carbocycles. The largest absolute Gasteiger partial charge is 0.364 e. The molecule has 2 fully saturated rings. The molecule has 3 heterocycles. The molecule has 11 heteroatoms. The van der Waals surface area contributed by atoms with E-state index in [-0.39, 0.29) is 22.8 Å². The summed E-state index contributed by atoms with van der Waals surface area (Å²) in [6.45, 7) is 3.97. The van der Waals surface area contributed by atoms with E-state index in [1.807, 2.05) is 23.2 Å². The molecular formula is C27H32ClN5O4S. The van der Waals surface area contributed by atoms with Crippen LogP contribution in [-0.4, -0.2) is 72.8 Å². The third-order valence-corrected chi connectivity index (χ3v) is 9.13. The number of piperidine rings is 1. The van der Waals surface area contributed by atoms with E-state index in [1.54, 1.807) is 37.3 Å². The molecule has 5 rings (SSSR count). The van der Waals surface area contributed by atoms with Crippen molar-refractivity contribution in [1.82, 2.24) is 24.8 Å². The molecule has 1 aromatic heterocycles. The first-order valence-corrected chi connectivity index (χ1v) is 14.7. The maximum atomic E-state index is 13.3. The zero-order chi connectivity index (χ0) is 26.9. The van der Waals surface area contributed by atoms with Gasteiger partial charge in [-0.25, -0.2) is 8.42 Å². The van der Waals surface area contributed by atoms with Crippen LogP contribution in [-0.2, 0) is 26.2 Å². The molecule has 202 valence electrons. The minimum absolute atomic E-state index is 0.0777. The standard InChI is InChI=1S/C27H32ClN5O4S/c1-18(26(34)32-12-3-5-23(17-32)30-16-22-4-2-11-29-22)33-13-10-25(27(33)35)31-38(36,37)24-9-7-19-14-21(28)8-6-20(19)15-24/h2,4,6-9,11,14-15,18,23,25,29-31H,3,5,10,12-13,16-17H2,1H3/t18-,23?,25-/m0/s1. The Kier molecular flexibility index (Phi) is 7.76. The van der Waals surface area contributed by atoms with Crippen molar-refractivity contribution in [2.75, 3.05) is 19.6 Å². The number of aromatic amines is 1. The predicted octanol–water partition coefficient (Wildman–Crippen LogP) is 2.87. The first kappa shape index (κ1) is 26.7. The number of hydrogen-bond acceptors (Lipinski definition) is 5. The minimum atomic E-state index is -3.94. The first-order valence-electron chi connectivity index (χ1n) is 12.9. The van der Waals surface area contributed by atoms with Crippen molar-refractivity contribution in [3.63, 3.8) is 0 Å². The van der Waals surface area contributed by atoms with Crippen molar-refractivity contribution in [3.05, 3.63) is 65.4 Å². The number of fused-ring (bicyclic) bond motifs is 1. The van der Waals surface area contributed by atoms with Gasteiger partial charge in [0.1, 0.15) is 12.1 Å². The molecular weight excluding hydrogens is 526 g/mol. The van der Waals surface area contributed by atoms with Crippen molar-refractivity contribution in [1.29, 1.82) is 0 Å². The smallest absolute Gasteiger partial charge is 0.245 e. The Morgan fingerprint density at radius 2 is 1.92 bits per heavy atom. The fourth-order valence-electron chi connectivity index (χ4n) is 5.29. The Balaban J connectivity index is 1.20. The maximum Gasteiger partial charge on any atom is 0.245 e. The average Bonchev–Trinajstić information content (AvgIpc) is 3.56. The second kappa shape index (κ2) is 11.1. The summed E-state index contributed by atoms with van der Waals surface area (Å²) in [5.41, 5.74) is 1.09. The SMILES string of the molecule is C[C@@H](C(=O)N1CCCC(NCc2ccc[nH]2)C1)N1CC[C@H](NS(=O)(=O)c2ccc3cc(Cl)ccc3c2)C1=O. The number of sulfonamides is 1. The summed E-state index contributed by atoms with van der Waals surface area (Å²) >= 11 is 6.03. The lowest BCUT2D eigenvalue weighted by molar-refractivity contribution is -0.144. The number of carbonyl (C=O) groups excluding carboxylic acids is 2. The van der Waals surface area contributed by atoms with Gasteiger partial charge in [0.2, 0.25) is 21.8 Å². The van der Waals surface area contributed by atoms with Crippen LogP contribution >= 0.6 is 11.6 Å². The molecule has 0 aliphatic carbocycles. The van der Waals surface area contributed by atoms with Crippen LogP contribution in [0.3, 0.4) is 0 Å². The van der Waals surface area contributed by atoms with Gasteiger partial charge in [-0.2, -0.15) is 4.72 Å². The lowest BCUT2D eigenvalue weighted by atomic mass is 10.0. The van der Waals surface area contributed by atoms with Gasteiger partial charge in [0, 0.05) is 49.1 Å². The summed E-state index contributed by atoms with van der Waals surface area (Å²) in [7, 11) is -3.94. The Labute approximate surface area is 227 Å². The molecule has 3 atom stereocenters. The summed E-state index contributed by atoms with van der Waals surface area (Å²) in [5, 5.41) is 5.63. The third-order valence-electron chi connectivity index (χ3n) is 7.42. The normalized spacial score (nSPS) is 21.3. The molecule has 2 saturated heterocycles. The molecule has 38 heavy (non-hydrogen) atoms. The number of carbonyl (C=O) groups is 2. The summed E-state index contributed by atoms with van der Waals surface area (Å²) in [6.07, 6.45) is 4.05. The highest BCUT2D eigenvalue weighted by atomic mass is 35.5. The van der Waals surface area contributed by atoms with E-state index in [2.05, 4.69) is 15.0 Å². The molecule has 0 bridgehead atoms. The first-order chi connectivity index (χ1) is 18.2. The number of likely N-dealkylation sites (tertiary alicyclic amines) is 2. The van der Waals surface area contributed by atoms with E-state index in [0.29, 0.717) is 37.6 Å². The van der Waals surface area contributed by atoms with E-state index in [9.17, 15) is 18.0 Å². The van der Waals surface area contributed by atoms with Gasteiger partial charge in [0.15, 0.2) is 0 Å². The van der Waals surface area contributed by atoms with E-state index in [4.69, 9.17) is 11.6 Å². The zero-order valence-corrected chi connectivity index (χ0v) is 22.8. The van der Waals surface area contributed by atoms with Gasteiger partial charge < -0.3 is 20.1 Å². The van der Waals surface area contributed by atoms with Crippen LogP contribution in [0.1, 0.15) is 31.9 Å². The number of nitrogens with zero attached hydrogens (tertiary/aromatic N) is 2. The predicted molar refractivity (Wildman–Crippen MR) is 146 cm³/mol. The van der Waals surface area contributed by atoms with Crippen molar-refractivity contribution in [3.8, 4) is 0 Å². The summed E-state index contributed by atoms with van der Waals surface area (Å²) in [6, 6.07) is 12.6. The number of amides is 2. The van der Waals surface area contributed by atoms with E-state index >= 15 is 0 Å². The Morgan fingerprint density at radius 1 is 1.13 bits per heavy atom. The highest BCUT2D eigenvalue weighted by Gasteiger charge is 2.40. The van der Waals surface area contributed by atoms with Crippen molar-refractivity contribution >= 4 is 44.2 Å². The van der Waals surface area contributed by atoms with Crippen LogP contribution in [0, 0.1) is 0 Å². The van der Waals surface area contributed by atoms with Gasteiger partial charge in [-0.05, 0) is 73.4 Å². The van der Waals surface area contributed by atoms with Gasteiger partial charge in [-0.3, -0.25) is 9.59 Å². The van der Waals surface area contributed by atoms with E-state index in [0.717, 1.165) is 29.3 Å². The Morgan fingerprint density at radius 3 is 2.71 bits per heavy atom. The van der Waals surface area contributed by atoms with Crippen LogP contribution < -0.4 is 10.0 Å². The topological polar surface area (TPSA) is 115 Å². The highest BCUT2D eigenvalue weighted by Crippen LogP contribution is 2.24. The van der Waals surface area contributed by atoms with E-state index in [1.165, 1.54) is 11.0 Å². The average molecular weight is 558 g/mol. The van der Waals surface area contributed by atoms with Gasteiger partial charge in [-0.1, -0.05) is 23.7 Å². The van der Waals surface area contributed by atoms with Crippen LogP contribution in [0.2, 0.25) is 5.02 Å². The number of aromatic nitrogens is 1. The van der Waals surface area contributed by atoms with E-state index < -0.39 is 22.1 Å². The number of rotatable bonds is 8. The van der Waals surface area contributed by atoms with Gasteiger partial charge in [0.25, 0.3) is 0 Å². The van der Waals surface area contributed by atoms with Gasteiger partial charge >= 0.3 is 0 Å². The minimum Gasteiger partial charge on any atom is -0.364 e. The second-order valence-corrected chi connectivity index (χ2v) is 12.2. The molecule has 2 amide bonds. The molecule has 2 aliphatic rings. The molecule has 0 saturated carbocycles. The van der Waals surface area contributed by atoms with Gasteiger partial charge in [-0.15, -0.1) is 0 Å². The quantitative estimate of drug-likeness (QED) is 0.394. The van der Waals surface area contributed by atoms with Crippen LogP contribution in [0.4, 0.5) is 0 Å². The molecule has 1 unspecified atom stereocenters. The van der Waals surface area contributed by atoms with Crippen molar-refractivity contribution < 1.29 is 18.0 Å². The van der Waals surface area contributed by atoms with Crippen molar-refractivity contribution in [2.24, 2.45) is 0 Å². The highest BCUT2D eigenvalue weighted by molar-refractivity contribution is 7.89.